The largest absolute Gasteiger partial charge is 0.462 e. The summed E-state index contributed by atoms with van der Waals surface area (Å²) in [6, 6.07) is 5.89. The number of amides is 1. The van der Waals surface area contributed by atoms with Gasteiger partial charge in [-0.2, -0.15) is 0 Å². The van der Waals surface area contributed by atoms with E-state index in [9.17, 15) is 9.59 Å². The van der Waals surface area contributed by atoms with Crippen LogP contribution in [0.2, 0.25) is 0 Å². The van der Waals surface area contributed by atoms with Crippen LogP contribution in [0.3, 0.4) is 0 Å². The van der Waals surface area contributed by atoms with Crippen LogP contribution in [0.1, 0.15) is 24.0 Å². The Bertz CT molecular complexity index is 637. The van der Waals surface area contributed by atoms with Gasteiger partial charge in [-0.05, 0) is 49.8 Å². The van der Waals surface area contributed by atoms with Crippen LogP contribution >= 0.6 is 0 Å². The van der Waals surface area contributed by atoms with Crippen molar-refractivity contribution in [2.24, 2.45) is 23.7 Å². The molecule has 1 aliphatic heterocycles. The smallest absolute Gasteiger partial charge is 0.310 e. The molecule has 1 aromatic carbocycles. The summed E-state index contributed by atoms with van der Waals surface area (Å²) in [5.74, 6) is -0.0111. The fourth-order valence-electron chi connectivity index (χ4n) is 4.47. The molecule has 4 nitrogen and oxygen atoms in total. The molecule has 4 heteroatoms. The minimum atomic E-state index is -0.209. The molecule has 1 saturated heterocycles. The maximum Gasteiger partial charge on any atom is 0.310 e. The van der Waals surface area contributed by atoms with Crippen LogP contribution in [-0.4, -0.2) is 18.0 Å². The van der Waals surface area contributed by atoms with Crippen LogP contribution in [-0.2, 0) is 14.3 Å². The maximum atomic E-state index is 12.7. The number of nitrogens with one attached hydrogen (secondary N) is 1. The first kappa shape index (κ1) is 12.9. The monoisotopic (exact) mass is 285 g/mol. The van der Waals surface area contributed by atoms with E-state index in [1.54, 1.807) is 0 Å². The third-order valence-corrected chi connectivity index (χ3v) is 5.65. The molecule has 1 aromatic rings. The van der Waals surface area contributed by atoms with Crippen molar-refractivity contribution in [3.63, 3.8) is 0 Å². The molecule has 0 radical (unpaired) electrons. The lowest BCUT2D eigenvalue weighted by molar-refractivity contribution is -0.145. The number of carbonyl (C=O) groups excluding carboxylic acids is 2. The minimum Gasteiger partial charge on any atom is -0.462 e. The number of hydrogen-bond acceptors (Lipinski definition) is 3. The maximum absolute atomic E-state index is 12.7. The van der Waals surface area contributed by atoms with Gasteiger partial charge in [0, 0.05) is 11.6 Å². The summed E-state index contributed by atoms with van der Waals surface area (Å²) < 4.78 is 5.39. The highest BCUT2D eigenvalue weighted by Gasteiger charge is 2.63. The van der Waals surface area contributed by atoms with Crippen LogP contribution < -0.4 is 5.32 Å². The number of benzene rings is 1. The van der Waals surface area contributed by atoms with Crippen molar-refractivity contribution in [3.8, 4) is 0 Å². The van der Waals surface area contributed by atoms with Gasteiger partial charge in [0.2, 0.25) is 5.91 Å². The highest BCUT2D eigenvalue weighted by atomic mass is 16.6. The molecule has 1 heterocycles. The van der Waals surface area contributed by atoms with Crippen LogP contribution in [0.25, 0.3) is 0 Å². The number of aryl methyl sites for hydroxylation is 1. The van der Waals surface area contributed by atoms with E-state index in [0.717, 1.165) is 29.7 Å². The summed E-state index contributed by atoms with van der Waals surface area (Å²) in [7, 11) is 0. The molecule has 1 N–H and O–H groups in total. The van der Waals surface area contributed by atoms with E-state index in [4.69, 9.17) is 4.74 Å². The Labute approximate surface area is 123 Å². The van der Waals surface area contributed by atoms with Crippen molar-refractivity contribution in [3.05, 3.63) is 29.3 Å². The van der Waals surface area contributed by atoms with E-state index in [1.165, 1.54) is 0 Å². The van der Waals surface area contributed by atoms with Crippen LogP contribution in [0.15, 0.2) is 18.2 Å². The predicted molar refractivity (Wildman–Crippen MR) is 77.6 cm³/mol. The second-order valence-corrected chi connectivity index (χ2v) is 6.66. The normalized spacial score (nSPS) is 35.9. The summed E-state index contributed by atoms with van der Waals surface area (Å²) in [5, 5.41) is 3.03. The molecule has 3 fully saturated rings. The van der Waals surface area contributed by atoms with Gasteiger partial charge in [-0.1, -0.05) is 12.1 Å². The van der Waals surface area contributed by atoms with Gasteiger partial charge in [-0.3, -0.25) is 9.59 Å². The lowest BCUT2D eigenvalue weighted by atomic mass is 9.79. The van der Waals surface area contributed by atoms with Crippen LogP contribution in [0.5, 0.6) is 0 Å². The summed E-state index contributed by atoms with van der Waals surface area (Å²) in [6.07, 6.45) is 1.90. The van der Waals surface area contributed by atoms with Crippen LogP contribution in [0.4, 0.5) is 5.69 Å². The number of fused-ring (bicyclic) bond motifs is 1. The first-order valence-electron chi connectivity index (χ1n) is 7.64. The van der Waals surface area contributed by atoms with Crippen LogP contribution in [0, 0.1) is 37.5 Å². The van der Waals surface area contributed by atoms with Crippen molar-refractivity contribution in [2.75, 3.05) is 5.32 Å². The van der Waals surface area contributed by atoms with Gasteiger partial charge in [0.15, 0.2) is 0 Å². The Morgan fingerprint density at radius 2 is 2.10 bits per heavy atom. The van der Waals surface area contributed by atoms with E-state index in [0.29, 0.717) is 5.92 Å². The molecular weight excluding hydrogens is 266 g/mol. The van der Waals surface area contributed by atoms with E-state index in [-0.39, 0.29) is 35.7 Å². The number of ether oxygens (including phenoxy) is 1. The lowest BCUT2D eigenvalue weighted by Crippen LogP contribution is -2.36. The second kappa shape index (κ2) is 4.33. The van der Waals surface area contributed by atoms with E-state index < -0.39 is 0 Å². The zero-order valence-corrected chi connectivity index (χ0v) is 12.3. The fraction of sp³-hybridized carbons (Fsp3) is 0.529. The van der Waals surface area contributed by atoms with Gasteiger partial charge >= 0.3 is 5.97 Å². The fourth-order valence-corrected chi connectivity index (χ4v) is 4.47. The molecule has 2 bridgehead atoms. The zero-order chi connectivity index (χ0) is 14.7. The van der Waals surface area contributed by atoms with Gasteiger partial charge in [-0.25, -0.2) is 0 Å². The second-order valence-electron chi connectivity index (χ2n) is 6.66. The van der Waals surface area contributed by atoms with Crippen molar-refractivity contribution in [1.29, 1.82) is 0 Å². The molecule has 3 aliphatic rings. The number of esters is 1. The first-order valence-corrected chi connectivity index (χ1v) is 7.64. The number of rotatable bonds is 2. The standard InChI is InChI=1S/C17H19NO3/c1-8-4-3-5-12(9(8)2)18-16(19)14-10-6-11-13(7-10)21-17(20)15(11)14/h3-5,10-11,13-15H,6-7H2,1-2H3,(H,18,19)/t10-,11+,13-,14-,15+/m1/s1. The van der Waals surface area contributed by atoms with Crippen molar-refractivity contribution >= 4 is 17.6 Å². The van der Waals surface area contributed by atoms with Gasteiger partial charge < -0.3 is 10.1 Å². The third kappa shape index (κ3) is 1.74. The molecule has 0 spiro atoms. The predicted octanol–water partition coefficient (Wildman–Crippen LogP) is 2.44. The molecule has 1 amide bonds. The van der Waals surface area contributed by atoms with Crippen molar-refractivity contribution in [1.82, 2.24) is 0 Å². The number of carbonyl (C=O) groups is 2. The Morgan fingerprint density at radius 3 is 2.90 bits per heavy atom. The Balaban J connectivity index is 1.59. The molecule has 5 atom stereocenters. The lowest BCUT2D eigenvalue weighted by Gasteiger charge is -2.24. The van der Waals surface area contributed by atoms with Gasteiger partial charge in [-0.15, -0.1) is 0 Å². The zero-order valence-electron chi connectivity index (χ0n) is 12.3. The SMILES string of the molecule is Cc1cccc(NC(=O)[C@@H]2[C@@H]3C[C@@H]4[C@@H]2C(=O)O[C@@H]4C3)c1C. The van der Waals surface area contributed by atoms with Gasteiger partial charge in [0.25, 0.3) is 0 Å². The molecule has 2 aliphatic carbocycles. The van der Waals surface area contributed by atoms with Crippen molar-refractivity contribution < 1.29 is 14.3 Å². The van der Waals surface area contributed by atoms with E-state index in [2.05, 4.69) is 5.32 Å². The van der Waals surface area contributed by atoms with Crippen molar-refractivity contribution in [2.45, 2.75) is 32.8 Å². The van der Waals surface area contributed by atoms with Gasteiger partial charge in [0.05, 0.1) is 11.8 Å². The minimum absolute atomic E-state index is 0.0153. The summed E-state index contributed by atoms with van der Waals surface area (Å²) in [5.41, 5.74) is 3.09. The Morgan fingerprint density at radius 1 is 1.29 bits per heavy atom. The highest BCUT2D eigenvalue weighted by Crippen LogP contribution is 2.57. The topological polar surface area (TPSA) is 55.4 Å². The highest BCUT2D eigenvalue weighted by molar-refractivity contribution is 5.97. The van der Waals surface area contributed by atoms with Gasteiger partial charge in [0.1, 0.15) is 6.10 Å². The third-order valence-electron chi connectivity index (χ3n) is 5.65. The molecule has 2 saturated carbocycles. The Hall–Kier alpha value is -1.84. The molecule has 110 valence electrons. The average Bonchev–Trinajstić information content (AvgIpc) is 3.05. The summed E-state index contributed by atoms with van der Waals surface area (Å²) in [4.78, 5) is 24.7. The summed E-state index contributed by atoms with van der Waals surface area (Å²) in [6.45, 7) is 4.03. The molecule has 4 rings (SSSR count). The summed E-state index contributed by atoms with van der Waals surface area (Å²) >= 11 is 0. The first-order chi connectivity index (χ1) is 10.1. The molecular formula is C17H19NO3. The molecule has 0 aromatic heterocycles. The Kier molecular flexibility index (Phi) is 2.65. The number of anilines is 1. The average molecular weight is 285 g/mol. The number of hydrogen-bond donors (Lipinski definition) is 1. The van der Waals surface area contributed by atoms with E-state index >= 15 is 0 Å². The molecule has 21 heavy (non-hydrogen) atoms. The molecule has 0 unspecified atom stereocenters. The quantitative estimate of drug-likeness (QED) is 0.849. The van der Waals surface area contributed by atoms with E-state index in [1.807, 2.05) is 32.0 Å².